The highest BCUT2D eigenvalue weighted by molar-refractivity contribution is 6.32. The molecule has 7 heteroatoms. The molecule has 0 spiro atoms. The molecule has 0 bridgehead atoms. The highest BCUT2D eigenvalue weighted by atomic mass is 35.5. The Balaban J connectivity index is 3.05. The molecule has 0 saturated carbocycles. The fourth-order valence-electron chi connectivity index (χ4n) is 0.760. The van der Waals surface area contributed by atoms with Crippen LogP contribution in [0.4, 0.5) is 13.2 Å². The van der Waals surface area contributed by atoms with E-state index in [0.717, 1.165) is 0 Å². The molecule has 0 amide bonds. The van der Waals surface area contributed by atoms with Gasteiger partial charge in [0.05, 0.1) is 12.1 Å². The standard InChI is InChI=1S/C7H5ClF3NO2/c1-13-6-5(14-7(9,10)11)4(8)2-3-12-6/h2-3H,1H3. The first kappa shape index (κ1) is 10.9. The first-order chi connectivity index (χ1) is 6.44. The van der Waals surface area contributed by atoms with Crippen LogP contribution >= 0.6 is 11.6 Å². The van der Waals surface area contributed by atoms with Crippen LogP contribution in [0.5, 0.6) is 11.6 Å². The third kappa shape index (κ3) is 2.66. The Morgan fingerprint density at radius 3 is 2.57 bits per heavy atom. The topological polar surface area (TPSA) is 31.4 Å². The lowest BCUT2D eigenvalue weighted by Gasteiger charge is -2.12. The van der Waals surface area contributed by atoms with Crippen molar-refractivity contribution in [3.8, 4) is 11.6 Å². The van der Waals surface area contributed by atoms with E-state index in [2.05, 4.69) is 14.5 Å². The quantitative estimate of drug-likeness (QED) is 0.778. The lowest BCUT2D eigenvalue weighted by molar-refractivity contribution is -0.275. The lowest BCUT2D eigenvalue weighted by atomic mass is 10.4. The molecule has 78 valence electrons. The number of alkyl halides is 3. The second kappa shape index (κ2) is 3.91. The van der Waals surface area contributed by atoms with Crippen molar-refractivity contribution in [3.05, 3.63) is 17.3 Å². The van der Waals surface area contributed by atoms with Gasteiger partial charge in [0.1, 0.15) is 0 Å². The van der Waals surface area contributed by atoms with Gasteiger partial charge in [-0.1, -0.05) is 11.6 Å². The molecule has 0 saturated heterocycles. The summed E-state index contributed by atoms with van der Waals surface area (Å²) >= 11 is 5.47. The SMILES string of the molecule is COc1nccc(Cl)c1OC(F)(F)F. The zero-order chi connectivity index (χ0) is 10.8. The normalized spacial score (nSPS) is 11.2. The van der Waals surface area contributed by atoms with E-state index < -0.39 is 12.1 Å². The largest absolute Gasteiger partial charge is 0.573 e. The zero-order valence-corrected chi connectivity index (χ0v) is 7.69. The number of rotatable bonds is 2. The summed E-state index contributed by atoms with van der Waals surface area (Å²) in [6.45, 7) is 0. The maximum Gasteiger partial charge on any atom is 0.573 e. The van der Waals surface area contributed by atoms with Gasteiger partial charge in [-0.25, -0.2) is 4.98 Å². The van der Waals surface area contributed by atoms with Crippen LogP contribution < -0.4 is 9.47 Å². The average Bonchev–Trinajstić information content (AvgIpc) is 2.06. The zero-order valence-electron chi connectivity index (χ0n) is 6.93. The molecule has 0 unspecified atom stereocenters. The maximum atomic E-state index is 11.9. The Morgan fingerprint density at radius 1 is 1.43 bits per heavy atom. The lowest BCUT2D eigenvalue weighted by Crippen LogP contribution is -2.18. The van der Waals surface area contributed by atoms with E-state index in [1.807, 2.05) is 0 Å². The molecule has 0 aliphatic rings. The minimum atomic E-state index is -4.82. The second-order valence-corrected chi connectivity index (χ2v) is 2.59. The van der Waals surface area contributed by atoms with Gasteiger partial charge in [-0.3, -0.25) is 0 Å². The van der Waals surface area contributed by atoms with Crippen LogP contribution in [-0.4, -0.2) is 18.5 Å². The van der Waals surface area contributed by atoms with Crippen LogP contribution in [0.1, 0.15) is 0 Å². The van der Waals surface area contributed by atoms with Crippen molar-refractivity contribution >= 4 is 11.6 Å². The summed E-state index contributed by atoms with van der Waals surface area (Å²) in [5.74, 6) is -0.945. The van der Waals surface area contributed by atoms with Gasteiger partial charge in [-0.15, -0.1) is 13.2 Å². The fraction of sp³-hybridized carbons (Fsp3) is 0.286. The summed E-state index contributed by atoms with van der Waals surface area (Å²) in [6, 6.07) is 1.17. The second-order valence-electron chi connectivity index (χ2n) is 2.18. The number of aromatic nitrogens is 1. The molecule has 0 aliphatic carbocycles. The molecule has 0 aromatic carbocycles. The smallest absolute Gasteiger partial charge is 0.478 e. The molecule has 0 aliphatic heterocycles. The predicted octanol–water partition coefficient (Wildman–Crippen LogP) is 2.64. The van der Waals surface area contributed by atoms with E-state index in [9.17, 15) is 13.2 Å². The summed E-state index contributed by atoms with van der Waals surface area (Å²) in [5, 5.41) is -0.214. The highest BCUT2D eigenvalue weighted by Crippen LogP contribution is 2.36. The maximum absolute atomic E-state index is 11.9. The molecule has 1 aromatic rings. The molecule has 1 aromatic heterocycles. The Morgan fingerprint density at radius 2 is 2.07 bits per heavy atom. The van der Waals surface area contributed by atoms with Crippen molar-refractivity contribution in [2.24, 2.45) is 0 Å². The Bertz CT molecular complexity index is 329. The minimum Gasteiger partial charge on any atom is -0.478 e. The van der Waals surface area contributed by atoms with Crippen LogP contribution in [0.2, 0.25) is 5.02 Å². The number of halogens is 4. The summed E-state index contributed by atoms with van der Waals surface area (Å²) in [7, 11) is 1.17. The van der Waals surface area contributed by atoms with Gasteiger partial charge in [0.25, 0.3) is 5.88 Å². The van der Waals surface area contributed by atoms with Crippen molar-refractivity contribution in [2.75, 3.05) is 7.11 Å². The van der Waals surface area contributed by atoms with E-state index in [1.54, 1.807) is 0 Å². The molecule has 0 N–H and O–H groups in total. The molecule has 0 atom stereocenters. The molecule has 0 radical (unpaired) electrons. The number of methoxy groups -OCH3 is 1. The predicted molar refractivity (Wildman–Crippen MR) is 42.5 cm³/mol. The molecule has 0 fully saturated rings. The number of ether oxygens (including phenoxy) is 2. The van der Waals surface area contributed by atoms with Crippen LogP contribution in [0.3, 0.4) is 0 Å². The van der Waals surface area contributed by atoms with Gasteiger partial charge in [0.15, 0.2) is 0 Å². The first-order valence-corrected chi connectivity index (χ1v) is 3.76. The van der Waals surface area contributed by atoms with Crippen molar-refractivity contribution in [1.29, 1.82) is 0 Å². The molecular formula is C7H5ClF3NO2. The van der Waals surface area contributed by atoms with E-state index in [-0.39, 0.29) is 10.9 Å². The summed E-state index contributed by atoms with van der Waals surface area (Å²) in [4.78, 5) is 3.51. The number of nitrogens with zero attached hydrogens (tertiary/aromatic N) is 1. The summed E-state index contributed by atoms with van der Waals surface area (Å²) < 4.78 is 43.8. The first-order valence-electron chi connectivity index (χ1n) is 3.38. The van der Waals surface area contributed by atoms with Gasteiger partial charge in [-0.05, 0) is 6.07 Å². The minimum absolute atomic E-state index is 0.214. The van der Waals surface area contributed by atoms with Crippen LogP contribution in [0.15, 0.2) is 12.3 Å². The fourth-order valence-corrected chi connectivity index (χ4v) is 0.936. The number of hydrogen-bond acceptors (Lipinski definition) is 3. The summed E-state index contributed by atoms with van der Waals surface area (Å²) in [5.41, 5.74) is 0. The van der Waals surface area contributed by atoms with Gasteiger partial charge < -0.3 is 9.47 Å². The Hall–Kier alpha value is -1.17. The molecular weight excluding hydrogens is 223 g/mol. The Labute approximate surface area is 82.4 Å². The van der Waals surface area contributed by atoms with E-state index in [1.165, 1.54) is 19.4 Å². The van der Waals surface area contributed by atoms with E-state index in [0.29, 0.717) is 0 Å². The summed E-state index contributed by atoms with van der Waals surface area (Å²) in [6.07, 6.45) is -3.61. The van der Waals surface area contributed by atoms with Gasteiger partial charge >= 0.3 is 6.36 Å². The molecule has 3 nitrogen and oxygen atoms in total. The van der Waals surface area contributed by atoms with Crippen molar-refractivity contribution in [2.45, 2.75) is 6.36 Å². The van der Waals surface area contributed by atoms with Crippen molar-refractivity contribution in [3.63, 3.8) is 0 Å². The molecule has 1 rings (SSSR count). The Kier molecular flexibility index (Phi) is 3.05. The third-order valence-electron chi connectivity index (χ3n) is 1.23. The van der Waals surface area contributed by atoms with Gasteiger partial charge in [-0.2, -0.15) is 0 Å². The van der Waals surface area contributed by atoms with Crippen molar-refractivity contribution in [1.82, 2.24) is 4.98 Å². The van der Waals surface area contributed by atoms with Crippen LogP contribution in [-0.2, 0) is 0 Å². The van der Waals surface area contributed by atoms with E-state index >= 15 is 0 Å². The van der Waals surface area contributed by atoms with Crippen LogP contribution in [0.25, 0.3) is 0 Å². The monoisotopic (exact) mass is 227 g/mol. The van der Waals surface area contributed by atoms with Crippen molar-refractivity contribution < 1.29 is 22.6 Å². The average molecular weight is 228 g/mol. The van der Waals surface area contributed by atoms with Crippen LogP contribution in [0, 0.1) is 0 Å². The third-order valence-corrected chi connectivity index (χ3v) is 1.53. The highest BCUT2D eigenvalue weighted by Gasteiger charge is 2.34. The number of hydrogen-bond donors (Lipinski definition) is 0. The number of pyridine rings is 1. The van der Waals surface area contributed by atoms with E-state index in [4.69, 9.17) is 11.6 Å². The molecule has 14 heavy (non-hydrogen) atoms. The molecule has 1 heterocycles. The van der Waals surface area contributed by atoms with Gasteiger partial charge in [0, 0.05) is 6.20 Å². The van der Waals surface area contributed by atoms with Gasteiger partial charge in [0.2, 0.25) is 5.75 Å².